The minimum absolute atomic E-state index is 0.290. The van der Waals surface area contributed by atoms with E-state index in [1.165, 1.54) is 4.90 Å². The Hall–Kier alpha value is -2.34. The highest BCUT2D eigenvalue weighted by molar-refractivity contribution is 6.46. The molecule has 6 heteroatoms. The second-order valence-electron chi connectivity index (χ2n) is 5.33. The molecule has 0 aromatic heterocycles. The monoisotopic (exact) mass is 288 g/mol. The van der Waals surface area contributed by atoms with E-state index in [9.17, 15) is 9.90 Å². The highest BCUT2D eigenvalue weighted by Gasteiger charge is 2.40. The molecule has 21 heavy (non-hydrogen) atoms. The molecular formula is C15H20N4O2. The summed E-state index contributed by atoms with van der Waals surface area (Å²) in [7, 11) is 1.55. The molecule has 0 radical (unpaired) electrons. The number of anilines is 2. The largest absolute Gasteiger partial charge is 0.399 e. The van der Waals surface area contributed by atoms with Gasteiger partial charge in [0.2, 0.25) is 0 Å². The molecule has 1 heterocycles. The van der Waals surface area contributed by atoms with Gasteiger partial charge in [-0.25, -0.2) is 0 Å². The van der Waals surface area contributed by atoms with E-state index in [4.69, 9.17) is 5.73 Å². The zero-order valence-electron chi connectivity index (χ0n) is 12.6. The minimum atomic E-state index is -1.29. The highest BCUT2D eigenvalue weighted by atomic mass is 16.3. The molecule has 1 aliphatic rings. The summed E-state index contributed by atoms with van der Waals surface area (Å²) in [5.41, 5.74) is 10.2. The zero-order valence-corrected chi connectivity index (χ0v) is 12.6. The van der Waals surface area contributed by atoms with E-state index in [-0.39, 0.29) is 5.91 Å². The predicted molar refractivity (Wildman–Crippen MR) is 83.7 cm³/mol. The number of nitrogens with zero attached hydrogens (tertiary/aromatic N) is 2. The molecule has 1 aliphatic heterocycles. The van der Waals surface area contributed by atoms with E-state index in [0.29, 0.717) is 22.5 Å². The number of nitrogen functional groups attached to an aromatic ring is 1. The van der Waals surface area contributed by atoms with Crippen molar-refractivity contribution < 1.29 is 9.90 Å². The lowest BCUT2D eigenvalue weighted by Gasteiger charge is -2.39. The van der Waals surface area contributed by atoms with E-state index in [0.717, 1.165) is 5.69 Å². The normalized spacial score (nSPS) is 24.7. The van der Waals surface area contributed by atoms with Crippen molar-refractivity contribution in [3.8, 4) is 0 Å². The summed E-state index contributed by atoms with van der Waals surface area (Å²) < 4.78 is 0. The van der Waals surface area contributed by atoms with E-state index in [1.54, 1.807) is 52.1 Å². The van der Waals surface area contributed by atoms with Gasteiger partial charge < -0.3 is 15.7 Å². The van der Waals surface area contributed by atoms with Gasteiger partial charge in [-0.2, -0.15) is 5.10 Å². The van der Waals surface area contributed by atoms with E-state index in [2.05, 4.69) is 10.5 Å². The first kappa shape index (κ1) is 15.1. The maximum atomic E-state index is 12.3. The fraction of sp³-hybridized carbons (Fsp3) is 0.333. The summed E-state index contributed by atoms with van der Waals surface area (Å²) in [6.07, 6.45) is 0. The van der Waals surface area contributed by atoms with Crippen molar-refractivity contribution in [3.63, 3.8) is 0 Å². The lowest BCUT2D eigenvalue weighted by molar-refractivity contribution is -0.140. The van der Waals surface area contributed by atoms with Gasteiger partial charge in [0.25, 0.3) is 5.91 Å². The molecule has 6 nitrogen and oxygen atoms in total. The summed E-state index contributed by atoms with van der Waals surface area (Å²) in [5, 5.41) is 14.5. The molecule has 1 amide bonds. The molecule has 112 valence electrons. The van der Waals surface area contributed by atoms with Gasteiger partial charge in [-0.3, -0.25) is 10.2 Å². The first-order chi connectivity index (χ1) is 9.75. The lowest BCUT2D eigenvalue weighted by atomic mass is 9.91. The fourth-order valence-electron chi connectivity index (χ4n) is 2.11. The Morgan fingerprint density at radius 2 is 1.86 bits per heavy atom. The maximum absolute atomic E-state index is 12.3. The molecular weight excluding hydrogens is 268 g/mol. The summed E-state index contributed by atoms with van der Waals surface area (Å²) >= 11 is 0. The van der Waals surface area contributed by atoms with Gasteiger partial charge in [0, 0.05) is 12.7 Å². The fourth-order valence-corrected chi connectivity index (χ4v) is 2.11. The van der Waals surface area contributed by atoms with E-state index >= 15 is 0 Å². The second kappa shape index (κ2) is 5.21. The van der Waals surface area contributed by atoms with Crippen molar-refractivity contribution in [2.24, 2.45) is 5.10 Å². The Bertz CT molecular complexity index is 630. The molecule has 4 N–H and O–H groups in total. The Morgan fingerprint density at radius 1 is 1.29 bits per heavy atom. The first-order valence-electron chi connectivity index (χ1n) is 6.63. The van der Waals surface area contributed by atoms with Gasteiger partial charge >= 0.3 is 0 Å². The number of carbonyl (C=O) groups excluding carboxylic acids is 1. The molecule has 0 fully saturated rings. The van der Waals surface area contributed by atoms with Crippen molar-refractivity contribution >= 4 is 23.0 Å². The number of amides is 1. The first-order valence-corrected chi connectivity index (χ1v) is 6.63. The van der Waals surface area contributed by atoms with Crippen LogP contribution in [-0.4, -0.2) is 34.4 Å². The Kier molecular flexibility index (Phi) is 3.74. The number of nitrogens with two attached hydrogens (primary N) is 1. The average Bonchev–Trinajstić information content (AvgIpc) is 2.45. The van der Waals surface area contributed by atoms with Crippen LogP contribution >= 0.6 is 0 Å². The van der Waals surface area contributed by atoms with Crippen LogP contribution < -0.4 is 11.2 Å². The van der Waals surface area contributed by atoms with E-state index in [1.807, 2.05) is 0 Å². The molecule has 1 aromatic rings. The van der Waals surface area contributed by atoms with Crippen LogP contribution in [0.2, 0.25) is 0 Å². The predicted octanol–water partition coefficient (Wildman–Crippen LogP) is 1.55. The lowest BCUT2D eigenvalue weighted by Crippen LogP contribution is -2.55. The zero-order chi connectivity index (χ0) is 15.8. The third-order valence-electron chi connectivity index (χ3n) is 4.00. The van der Waals surface area contributed by atoms with Crippen LogP contribution in [-0.2, 0) is 4.79 Å². The van der Waals surface area contributed by atoms with Crippen molar-refractivity contribution in [1.82, 2.24) is 4.90 Å². The Morgan fingerprint density at radius 3 is 2.43 bits per heavy atom. The molecule has 0 bridgehead atoms. The summed E-state index contributed by atoms with van der Waals surface area (Å²) in [5.74, 6) is -0.328. The molecule has 0 aliphatic carbocycles. The summed E-state index contributed by atoms with van der Waals surface area (Å²) in [6.45, 7) is 5.16. The van der Waals surface area contributed by atoms with Gasteiger partial charge in [-0.1, -0.05) is 0 Å². The van der Waals surface area contributed by atoms with Gasteiger partial charge in [-0.15, -0.1) is 0 Å². The van der Waals surface area contributed by atoms with Crippen LogP contribution in [0.1, 0.15) is 20.8 Å². The third kappa shape index (κ3) is 2.62. The standard InChI is InChI=1S/C15H20N4O2/c1-9-10(2)15(3,21)19(4)14(20)13(9)18-17-12-7-5-11(16)6-8-12/h5-8,17,21H,16H2,1-4H3. The van der Waals surface area contributed by atoms with Crippen LogP contribution in [0.4, 0.5) is 11.4 Å². The van der Waals surface area contributed by atoms with Crippen molar-refractivity contribution in [3.05, 3.63) is 35.4 Å². The third-order valence-corrected chi connectivity index (χ3v) is 4.00. The second-order valence-corrected chi connectivity index (χ2v) is 5.33. The number of aliphatic hydroxyl groups is 1. The molecule has 1 unspecified atom stereocenters. The number of hydrazone groups is 1. The van der Waals surface area contributed by atoms with Gasteiger partial charge in [0.05, 0.1) is 5.69 Å². The Balaban J connectivity index is 2.34. The van der Waals surface area contributed by atoms with Crippen molar-refractivity contribution in [2.45, 2.75) is 26.5 Å². The quantitative estimate of drug-likeness (QED) is 0.569. The van der Waals surface area contributed by atoms with Crippen LogP contribution in [0.25, 0.3) is 0 Å². The number of nitrogens with one attached hydrogen (secondary N) is 1. The minimum Gasteiger partial charge on any atom is -0.399 e. The van der Waals surface area contributed by atoms with Crippen LogP contribution in [0.15, 0.2) is 40.5 Å². The van der Waals surface area contributed by atoms with Crippen molar-refractivity contribution in [1.29, 1.82) is 0 Å². The average molecular weight is 288 g/mol. The number of carbonyl (C=O) groups is 1. The van der Waals surface area contributed by atoms with Crippen LogP contribution in [0.3, 0.4) is 0 Å². The number of rotatable bonds is 2. The highest BCUT2D eigenvalue weighted by Crippen LogP contribution is 2.29. The molecule has 2 rings (SSSR count). The van der Waals surface area contributed by atoms with E-state index < -0.39 is 5.72 Å². The van der Waals surface area contributed by atoms with Crippen LogP contribution in [0.5, 0.6) is 0 Å². The number of benzene rings is 1. The SMILES string of the molecule is CC1=C(C)C(C)(O)N(C)C(=O)C1=NNc1ccc(N)cc1. The Labute approximate surface area is 123 Å². The molecule has 1 aromatic carbocycles. The smallest absolute Gasteiger partial charge is 0.276 e. The number of hydrogen-bond acceptors (Lipinski definition) is 5. The van der Waals surface area contributed by atoms with Gasteiger partial charge in [-0.05, 0) is 56.2 Å². The van der Waals surface area contributed by atoms with Gasteiger partial charge in [0.15, 0.2) is 11.4 Å². The van der Waals surface area contributed by atoms with Crippen LogP contribution in [0, 0.1) is 0 Å². The molecule has 0 saturated carbocycles. The molecule has 1 atom stereocenters. The summed E-state index contributed by atoms with van der Waals surface area (Å²) in [4.78, 5) is 13.6. The topological polar surface area (TPSA) is 90.9 Å². The van der Waals surface area contributed by atoms with Crippen molar-refractivity contribution in [2.75, 3.05) is 18.2 Å². The molecule has 0 saturated heterocycles. The maximum Gasteiger partial charge on any atom is 0.276 e. The van der Waals surface area contributed by atoms with Gasteiger partial charge in [0.1, 0.15) is 0 Å². The number of likely N-dealkylation sites (N-methyl/N-ethyl adjacent to an activating group) is 1. The molecule has 0 spiro atoms. The number of hydrogen-bond donors (Lipinski definition) is 3. The summed E-state index contributed by atoms with van der Waals surface area (Å²) in [6, 6.07) is 7.04.